The number of nitrogens with one attached hydrogen (secondary N) is 1. The van der Waals surface area contributed by atoms with E-state index in [2.05, 4.69) is 10.5 Å². The van der Waals surface area contributed by atoms with E-state index < -0.39 is 5.78 Å². The molecule has 0 unspecified atom stereocenters. The molecule has 0 heterocycles. The first-order valence-electron chi connectivity index (χ1n) is 5.55. The number of hydrazone groups is 1. The van der Waals surface area contributed by atoms with Crippen molar-refractivity contribution in [3.8, 4) is 0 Å². The van der Waals surface area contributed by atoms with Gasteiger partial charge in [-0.05, 0) is 5.56 Å². The van der Waals surface area contributed by atoms with Crippen LogP contribution in [0.2, 0.25) is 0 Å². The van der Waals surface area contributed by atoms with Crippen molar-refractivity contribution in [1.29, 1.82) is 0 Å². The second kappa shape index (κ2) is 7.34. The Morgan fingerprint density at radius 1 is 1.28 bits per heavy atom. The maximum Gasteiger partial charge on any atom is 0.212 e. The van der Waals surface area contributed by atoms with E-state index in [9.17, 15) is 9.59 Å². The lowest BCUT2D eigenvalue weighted by atomic mass is 10.2. The number of rotatable bonds is 7. The van der Waals surface area contributed by atoms with Crippen LogP contribution < -0.4 is 5.43 Å². The summed E-state index contributed by atoms with van der Waals surface area (Å²) in [6.45, 7) is 1.47. The van der Waals surface area contributed by atoms with E-state index in [0.29, 0.717) is 6.61 Å². The summed E-state index contributed by atoms with van der Waals surface area (Å²) in [6, 6.07) is 9.49. The van der Waals surface area contributed by atoms with Crippen molar-refractivity contribution in [3.63, 3.8) is 0 Å². The molecule has 0 aliphatic heterocycles. The predicted octanol–water partition coefficient (Wildman–Crippen LogP) is 0.937. The standard InChI is InChI=1S/C13H16N2O3/c1-10(16)13(15-14-2)12(17)9-18-8-11-6-4-3-5-7-11/h3-7,14H,8-9H2,1-2H3/b15-13-. The highest BCUT2D eigenvalue weighted by Crippen LogP contribution is 2.00. The van der Waals surface area contributed by atoms with Crippen LogP contribution >= 0.6 is 0 Å². The van der Waals surface area contributed by atoms with E-state index in [1.54, 1.807) is 0 Å². The summed E-state index contributed by atoms with van der Waals surface area (Å²) in [4.78, 5) is 22.8. The quantitative estimate of drug-likeness (QED) is 0.443. The Balaban J connectivity index is 2.46. The Hall–Kier alpha value is -2.01. The summed E-state index contributed by atoms with van der Waals surface area (Å²) >= 11 is 0. The third-order valence-corrected chi connectivity index (χ3v) is 2.17. The largest absolute Gasteiger partial charge is 0.369 e. The number of hydrogen-bond donors (Lipinski definition) is 1. The molecular formula is C13H16N2O3. The molecule has 0 saturated heterocycles. The van der Waals surface area contributed by atoms with Gasteiger partial charge in [-0.25, -0.2) is 0 Å². The molecule has 5 nitrogen and oxygen atoms in total. The fourth-order valence-electron chi connectivity index (χ4n) is 1.35. The third kappa shape index (κ3) is 4.47. The van der Waals surface area contributed by atoms with Gasteiger partial charge in [-0.3, -0.25) is 9.59 Å². The van der Waals surface area contributed by atoms with Crippen molar-refractivity contribution in [1.82, 2.24) is 5.43 Å². The monoisotopic (exact) mass is 248 g/mol. The van der Waals surface area contributed by atoms with E-state index in [1.807, 2.05) is 30.3 Å². The van der Waals surface area contributed by atoms with E-state index >= 15 is 0 Å². The molecule has 5 heteroatoms. The molecule has 0 saturated carbocycles. The van der Waals surface area contributed by atoms with Gasteiger partial charge in [0.15, 0.2) is 11.5 Å². The highest BCUT2D eigenvalue weighted by Gasteiger charge is 2.16. The maximum atomic E-state index is 11.6. The third-order valence-electron chi connectivity index (χ3n) is 2.17. The summed E-state index contributed by atoms with van der Waals surface area (Å²) in [7, 11) is 1.53. The number of Topliss-reactive ketones (excluding diaryl/α,β-unsaturated/α-hetero) is 2. The van der Waals surface area contributed by atoms with Crippen LogP contribution in [0.25, 0.3) is 0 Å². The van der Waals surface area contributed by atoms with Crippen LogP contribution in [-0.2, 0) is 20.9 Å². The fraction of sp³-hybridized carbons (Fsp3) is 0.308. The van der Waals surface area contributed by atoms with E-state index in [-0.39, 0.29) is 18.1 Å². The second-order valence-corrected chi connectivity index (χ2v) is 3.64. The normalized spacial score (nSPS) is 11.1. The summed E-state index contributed by atoms with van der Waals surface area (Å²) in [5.74, 6) is -0.801. The maximum absolute atomic E-state index is 11.6. The zero-order valence-electron chi connectivity index (χ0n) is 10.5. The molecule has 18 heavy (non-hydrogen) atoms. The van der Waals surface area contributed by atoms with Gasteiger partial charge in [-0.15, -0.1) is 0 Å². The average Bonchev–Trinajstić information content (AvgIpc) is 2.36. The Kier molecular flexibility index (Phi) is 5.73. The van der Waals surface area contributed by atoms with E-state index in [1.165, 1.54) is 14.0 Å². The topological polar surface area (TPSA) is 67.8 Å². The molecule has 0 amide bonds. The fourth-order valence-corrected chi connectivity index (χ4v) is 1.35. The lowest BCUT2D eigenvalue weighted by Crippen LogP contribution is -2.28. The number of ketones is 2. The number of ether oxygens (including phenoxy) is 1. The van der Waals surface area contributed by atoms with Crippen molar-refractivity contribution in [2.45, 2.75) is 13.5 Å². The molecule has 0 aliphatic carbocycles. The summed E-state index contributed by atoms with van der Waals surface area (Å²) < 4.78 is 5.25. The number of benzene rings is 1. The SMILES string of the molecule is CN/N=C(/C(C)=O)C(=O)COCc1ccccc1. The first kappa shape index (κ1) is 14.1. The molecule has 1 aromatic rings. The summed E-state index contributed by atoms with van der Waals surface area (Å²) in [5.41, 5.74) is 3.28. The Bertz CT molecular complexity index is 441. The lowest BCUT2D eigenvalue weighted by Gasteiger charge is -2.04. The van der Waals surface area contributed by atoms with Gasteiger partial charge in [0.1, 0.15) is 6.61 Å². The molecule has 0 atom stereocenters. The van der Waals surface area contributed by atoms with Crippen molar-refractivity contribution in [2.24, 2.45) is 5.10 Å². The summed E-state index contributed by atoms with van der Waals surface area (Å²) in [6.07, 6.45) is 0. The van der Waals surface area contributed by atoms with Gasteiger partial charge in [-0.2, -0.15) is 5.10 Å². The van der Waals surface area contributed by atoms with Gasteiger partial charge in [0.2, 0.25) is 5.78 Å². The highest BCUT2D eigenvalue weighted by molar-refractivity contribution is 6.65. The molecule has 0 spiro atoms. The zero-order valence-corrected chi connectivity index (χ0v) is 10.5. The lowest BCUT2D eigenvalue weighted by molar-refractivity contribution is -0.119. The van der Waals surface area contributed by atoms with Crippen molar-refractivity contribution < 1.29 is 14.3 Å². The molecule has 1 rings (SSSR count). The van der Waals surface area contributed by atoms with Crippen LogP contribution in [0.4, 0.5) is 0 Å². The highest BCUT2D eigenvalue weighted by atomic mass is 16.5. The first-order chi connectivity index (χ1) is 8.65. The van der Waals surface area contributed by atoms with Crippen LogP contribution in [0.15, 0.2) is 35.4 Å². The number of nitrogens with zero attached hydrogens (tertiary/aromatic N) is 1. The average molecular weight is 248 g/mol. The zero-order chi connectivity index (χ0) is 13.4. The van der Waals surface area contributed by atoms with Gasteiger partial charge < -0.3 is 10.2 Å². The number of carbonyl (C=O) groups excluding carboxylic acids is 2. The molecule has 1 N–H and O–H groups in total. The van der Waals surface area contributed by atoms with Gasteiger partial charge >= 0.3 is 0 Å². The molecular weight excluding hydrogens is 232 g/mol. The van der Waals surface area contributed by atoms with Crippen LogP contribution in [0, 0.1) is 0 Å². The van der Waals surface area contributed by atoms with Crippen molar-refractivity contribution in [2.75, 3.05) is 13.7 Å². The Morgan fingerprint density at radius 3 is 2.50 bits per heavy atom. The molecule has 0 radical (unpaired) electrons. The van der Waals surface area contributed by atoms with Crippen molar-refractivity contribution in [3.05, 3.63) is 35.9 Å². The van der Waals surface area contributed by atoms with Crippen LogP contribution in [0.5, 0.6) is 0 Å². The van der Waals surface area contributed by atoms with E-state index in [0.717, 1.165) is 5.56 Å². The van der Waals surface area contributed by atoms with Gasteiger partial charge in [0.05, 0.1) is 6.61 Å². The summed E-state index contributed by atoms with van der Waals surface area (Å²) in [5, 5.41) is 3.64. The molecule has 0 fully saturated rings. The van der Waals surface area contributed by atoms with Gasteiger partial charge in [-0.1, -0.05) is 30.3 Å². The molecule has 0 bridgehead atoms. The Labute approximate surface area is 106 Å². The molecule has 0 aliphatic rings. The van der Waals surface area contributed by atoms with Crippen LogP contribution in [0.3, 0.4) is 0 Å². The number of carbonyl (C=O) groups is 2. The smallest absolute Gasteiger partial charge is 0.212 e. The minimum atomic E-state index is -0.423. The van der Waals surface area contributed by atoms with Gasteiger partial charge in [0.25, 0.3) is 0 Å². The van der Waals surface area contributed by atoms with Gasteiger partial charge in [0, 0.05) is 14.0 Å². The molecule has 0 aromatic heterocycles. The van der Waals surface area contributed by atoms with E-state index in [4.69, 9.17) is 4.74 Å². The molecule has 96 valence electrons. The second-order valence-electron chi connectivity index (χ2n) is 3.64. The number of hydrogen-bond acceptors (Lipinski definition) is 5. The Morgan fingerprint density at radius 2 is 1.94 bits per heavy atom. The first-order valence-corrected chi connectivity index (χ1v) is 5.55. The minimum Gasteiger partial charge on any atom is -0.369 e. The van der Waals surface area contributed by atoms with Crippen LogP contribution in [-0.4, -0.2) is 30.9 Å². The van der Waals surface area contributed by atoms with Crippen molar-refractivity contribution >= 4 is 17.3 Å². The molecule has 1 aromatic carbocycles. The minimum absolute atomic E-state index is 0.120. The van der Waals surface area contributed by atoms with Crippen LogP contribution in [0.1, 0.15) is 12.5 Å². The predicted molar refractivity (Wildman–Crippen MR) is 68.3 cm³/mol.